The first-order chi connectivity index (χ1) is 15.3. The van der Waals surface area contributed by atoms with Crippen molar-refractivity contribution in [1.82, 2.24) is 14.5 Å². The van der Waals surface area contributed by atoms with Crippen LogP contribution < -0.4 is 5.56 Å². The molecule has 2 aromatic carbocycles. The number of rotatable bonds is 8. The first-order valence-electron chi connectivity index (χ1n) is 10.3. The molecule has 168 valence electrons. The zero-order valence-corrected chi connectivity index (χ0v) is 19.6. The minimum absolute atomic E-state index is 0.0462. The van der Waals surface area contributed by atoms with Gasteiger partial charge in [0, 0.05) is 20.1 Å². The van der Waals surface area contributed by atoms with E-state index < -0.39 is 5.97 Å². The Balaban J connectivity index is 1.78. The summed E-state index contributed by atoms with van der Waals surface area (Å²) < 4.78 is 6.15. The van der Waals surface area contributed by atoms with E-state index in [2.05, 4.69) is 11.1 Å². The number of thioether (sulfide) groups is 1. The highest BCUT2D eigenvalue weighted by molar-refractivity contribution is 7.99. The number of methoxy groups -OCH3 is 1. The Morgan fingerprint density at radius 1 is 1.16 bits per heavy atom. The van der Waals surface area contributed by atoms with Gasteiger partial charge in [0.15, 0.2) is 5.16 Å². The summed E-state index contributed by atoms with van der Waals surface area (Å²) in [6, 6.07) is 13.2. The van der Waals surface area contributed by atoms with Gasteiger partial charge in [0.05, 0.1) is 30.2 Å². The lowest BCUT2D eigenvalue weighted by molar-refractivity contribution is -0.140. The molecule has 0 saturated heterocycles. The van der Waals surface area contributed by atoms with Gasteiger partial charge < -0.3 is 9.64 Å². The number of nitrogens with zero attached hydrogens (tertiary/aromatic N) is 3. The van der Waals surface area contributed by atoms with Gasteiger partial charge in [-0.15, -0.1) is 0 Å². The molecule has 32 heavy (non-hydrogen) atoms. The number of aromatic nitrogens is 2. The van der Waals surface area contributed by atoms with Crippen LogP contribution in [-0.4, -0.2) is 46.2 Å². The summed E-state index contributed by atoms with van der Waals surface area (Å²) in [5, 5.41) is 0.880. The van der Waals surface area contributed by atoms with Crippen LogP contribution in [0, 0.1) is 13.8 Å². The highest BCUT2D eigenvalue weighted by Crippen LogP contribution is 2.20. The number of para-hydroxylation sites is 1. The summed E-state index contributed by atoms with van der Waals surface area (Å²) in [5.74, 6) is -0.355. The molecule has 7 nitrogen and oxygen atoms in total. The van der Waals surface area contributed by atoms with Gasteiger partial charge in [-0.05, 0) is 37.1 Å². The molecule has 3 rings (SSSR count). The van der Waals surface area contributed by atoms with Crippen LogP contribution in [0.1, 0.15) is 23.1 Å². The van der Waals surface area contributed by atoms with Gasteiger partial charge in [0.25, 0.3) is 5.56 Å². The molecule has 3 aromatic rings. The molecule has 1 amide bonds. The number of carbonyl (C=O) groups excluding carboxylic acids is 2. The van der Waals surface area contributed by atoms with Crippen molar-refractivity contribution in [2.45, 2.75) is 38.5 Å². The molecular formula is C24H27N3O4S. The largest absolute Gasteiger partial charge is 0.469 e. The fraction of sp³-hybridized carbons (Fsp3) is 0.333. The lowest BCUT2D eigenvalue weighted by Crippen LogP contribution is -2.29. The molecular weight excluding hydrogens is 426 g/mol. The Morgan fingerprint density at radius 3 is 2.62 bits per heavy atom. The van der Waals surface area contributed by atoms with Crippen molar-refractivity contribution in [1.29, 1.82) is 0 Å². The number of hydrogen-bond acceptors (Lipinski definition) is 6. The van der Waals surface area contributed by atoms with E-state index in [1.807, 2.05) is 32.0 Å². The molecule has 8 heteroatoms. The Labute approximate surface area is 191 Å². The molecule has 1 aromatic heterocycles. The highest BCUT2D eigenvalue weighted by Gasteiger charge is 2.16. The summed E-state index contributed by atoms with van der Waals surface area (Å²) in [6.45, 7) is 4.72. The van der Waals surface area contributed by atoms with Gasteiger partial charge in [-0.1, -0.05) is 47.7 Å². The SMILES string of the molecule is COC(=O)CCn1c(SCC(=O)N(C)Cc2ccc(C)cc2C)nc2ccccc2c1=O. The van der Waals surface area contributed by atoms with Crippen molar-refractivity contribution in [2.75, 3.05) is 19.9 Å². The first-order valence-corrected chi connectivity index (χ1v) is 11.3. The van der Waals surface area contributed by atoms with Crippen molar-refractivity contribution in [3.8, 4) is 0 Å². The van der Waals surface area contributed by atoms with Crippen molar-refractivity contribution < 1.29 is 14.3 Å². The van der Waals surface area contributed by atoms with Crippen LogP contribution in [0.2, 0.25) is 0 Å². The zero-order chi connectivity index (χ0) is 23.3. The number of carbonyl (C=O) groups is 2. The average Bonchev–Trinajstić information content (AvgIpc) is 2.78. The minimum atomic E-state index is -0.412. The van der Waals surface area contributed by atoms with E-state index in [-0.39, 0.29) is 30.2 Å². The molecule has 0 atom stereocenters. The highest BCUT2D eigenvalue weighted by atomic mass is 32.2. The topological polar surface area (TPSA) is 81.5 Å². The van der Waals surface area contributed by atoms with Gasteiger partial charge in [0.1, 0.15) is 0 Å². The Hall–Kier alpha value is -3.13. The Kier molecular flexibility index (Phi) is 7.69. The standard InChI is InChI=1S/C24H27N3O4S/c1-16-9-10-18(17(2)13-16)14-26(3)21(28)15-32-24-25-20-8-6-5-7-19(20)23(30)27(24)12-11-22(29)31-4/h5-10,13H,11-12,14-15H2,1-4H3. The maximum Gasteiger partial charge on any atom is 0.307 e. The second-order valence-corrected chi connectivity index (χ2v) is 8.61. The smallest absolute Gasteiger partial charge is 0.307 e. The average molecular weight is 454 g/mol. The molecule has 0 unspecified atom stereocenters. The Bertz CT molecular complexity index is 1210. The number of esters is 1. The van der Waals surface area contributed by atoms with E-state index in [1.165, 1.54) is 29.0 Å². The fourth-order valence-corrected chi connectivity index (χ4v) is 4.33. The lowest BCUT2D eigenvalue weighted by atomic mass is 10.1. The van der Waals surface area contributed by atoms with Crippen molar-refractivity contribution in [2.24, 2.45) is 0 Å². The number of amides is 1. The predicted molar refractivity (Wildman–Crippen MR) is 126 cm³/mol. The van der Waals surface area contributed by atoms with Crippen LogP contribution >= 0.6 is 11.8 Å². The summed E-state index contributed by atoms with van der Waals surface area (Å²) in [4.78, 5) is 43.7. The van der Waals surface area contributed by atoms with Crippen molar-refractivity contribution in [3.63, 3.8) is 0 Å². The van der Waals surface area contributed by atoms with Crippen LogP contribution in [0.3, 0.4) is 0 Å². The molecule has 0 aliphatic rings. The van der Waals surface area contributed by atoms with Gasteiger partial charge >= 0.3 is 5.97 Å². The number of hydrogen-bond donors (Lipinski definition) is 0. The van der Waals surface area contributed by atoms with Crippen LogP contribution in [0.5, 0.6) is 0 Å². The van der Waals surface area contributed by atoms with E-state index in [9.17, 15) is 14.4 Å². The Morgan fingerprint density at radius 2 is 1.91 bits per heavy atom. The normalized spacial score (nSPS) is 10.9. The number of benzene rings is 2. The zero-order valence-electron chi connectivity index (χ0n) is 18.8. The van der Waals surface area contributed by atoms with Gasteiger partial charge in [-0.3, -0.25) is 19.0 Å². The monoisotopic (exact) mass is 453 g/mol. The summed E-state index contributed by atoms with van der Waals surface area (Å²) >= 11 is 1.20. The molecule has 0 bridgehead atoms. The third-order valence-corrected chi connectivity index (χ3v) is 6.21. The van der Waals surface area contributed by atoms with Crippen LogP contribution in [-0.2, 0) is 27.4 Å². The lowest BCUT2D eigenvalue weighted by Gasteiger charge is -2.19. The van der Waals surface area contributed by atoms with Crippen LogP contribution in [0.15, 0.2) is 52.4 Å². The maximum atomic E-state index is 13.0. The van der Waals surface area contributed by atoms with Crippen molar-refractivity contribution >= 4 is 34.5 Å². The number of aryl methyl sites for hydroxylation is 2. The second-order valence-electron chi connectivity index (χ2n) is 7.66. The maximum absolute atomic E-state index is 13.0. The molecule has 0 spiro atoms. The molecule has 0 N–H and O–H groups in total. The van der Waals surface area contributed by atoms with Gasteiger partial charge in [-0.25, -0.2) is 4.98 Å². The third kappa shape index (κ3) is 5.56. The molecule has 0 radical (unpaired) electrons. The van der Waals surface area contributed by atoms with Crippen molar-refractivity contribution in [3.05, 3.63) is 69.5 Å². The fourth-order valence-electron chi connectivity index (χ4n) is 3.36. The van der Waals surface area contributed by atoms with Gasteiger partial charge in [-0.2, -0.15) is 0 Å². The van der Waals surface area contributed by atoms with E-state index >= 15 is 0 Å². The van der Waals surface area contributed by atoms with E-state index in [0.717, 1.165) is 11.1 Å². The van der Waals surface area contributed by atoms with Gasteiger partial charge in [0.2, 0.25) is 5.91 Å². The number of ether oxygens (including phenoxy) is 1. The third-order valence-electron chi connectivity index (χ3n) is 5.25. The molecule has 1 heterocycles. The molecule has 0 fully saturated rings. The summed E-state index contributed by atoms with van der Waals surface area (Å²) in [6.07, 6.45) is 0.0462. The summed E-state index contributed by atoms with van der Waals surface area (Å²) in [7, 11) is 3.07. The second kappa shape index (κ2) is 10.5. The molecule has 0 saturated carbocycles. The van der Waals surface area contributed by atoms with E-state index in [1.54, 1.807) is 30.1 Å². The minimum Gasteiger partial charge on any atom is -0.469 e. The van der Waals surface area contributed by atoms with Crippen LogP contribution in [0.4, 0.5) is 0 Å². The predicted octanol–water partition coefficient (Wildman–Crippen LogP) is 3.33. The number of fused-ring (bicyclic) bond motifs is 1. The first kappa shape index (κ1) is 23.5. The molecule has 0 aliphatic heterocycles. The van der Waals surface area contributed by atoms with E-state index in [0.29, 0.717) is 22.6 Å². The quantitative estimate of drug-likeness (QED) is 0.296. The molecule has 0 aliphatic carbocycles. The van der Waals surface area contributed by atoms with Crippen LogP contribution in [0.25, 0.3) is 10.9 Å². The summed E-state index contributed by atoms with van der Waals surface area (Å²) in [5.41, 5.74) is 3.74. The van der Waals surface area contributed by atoms with E-state index in [4.69, 9.17) is 4.74 Å².